The lowest BCUT2D eigenvalue weighted by atomic mass is 10.2. The van der Waals surface area contributed by atoms with Crippen LogP contribution in [-0.2, 0) is 9.53 Å². The lowest BCUT2D eigenvalue weighted by Gasteiger charge is -2.32. The highest BCUT2D eigenvalue weighted by Crippen LogP contribution is 2.17. The van der Waals surface area contributed by atoms with Crippen molar-refractivity contribution in [2.75, 3.05) is 32.8 Å². The Kier molecular flexibility index (Phi) is 6.92. The van der Waals surface area contributed by atoms with Crippen LogP contribution in [0.25, 0.3) is 0 Å². The minimum Gasteiger partial charge on any atom is -0.374 e. The number of nitrogens with two attached hydrogens (primary N) is 1. The Morgan fingerprint density at radius 2 is 2.11 bits per heavy atom. The molecule has 2 rings (SSSR count). The van der Waals surface area contributed by atoms with E-state index in [0.717, 1.165) is 25.9 Å². The van der Waals surface area contributed by atoms with Gasteiger partial charge in [0, 0.05) is 25.7 Å². The highest BCUT2D eigenvalue weighted by molar-refractivity contribution is 5.85. The van der Waals surface area contributed by atoms with Crippen molar-refractivity contribution in [3.63, 3.8) is 0 Å². The van der Waals surface area contributed by atoms with Gasteiger partial charge in [-0.05, 0) is 12.8 Å². The molecular weight excluding hydrogens is 254 g/mol. The maximum atomic E-state index is 11.8. The number of ether oxygens (including phenoxy) is 1. The van der Waals surface area contributed by atoms with E-state index in [1.807, 2.05) is 0 Å². The number of carbonyl (C=O) groups is 1. The van der Waals surface area contributed by atoms with E-state index in [1.54, 1.807) is 0 Å². The van der Waals surface area contributed by atoms with Crippen LogP contribution < -0.4 is 11.1 Å². The standard InChI is InChI=1S/C12H23N3O2.ClH/c13-7-11-8-15(5-6-17-11)9-12(16)14-10-3-1-2-4-10;/h10-11H,1-9,13H2,(H,14,16);1H. The molecule has 1 aliphatic heterocycles. The largest absolute Gasteiger partial charge is 0.374 e. The van der Waals surface area contributed by atoms with E-state index in [1.165, 1.54) is 12.8 Å². The normalized spacial score (nSPS) is 25.7. The molecule has 5 nitrogen and oxygen atoms in total. The lowest BCUT2D eigenvalue weighted by Crippen LogP contribution is -2.49. The van der Waals surface area contributed by atoms with Gasteiger partial charge in [-0.15, -0.1) is 12.4 Å². The summed E-state index contributed by atoms with van der Waals surface area (Å²) in [6.07, 6.45) is 4.86. The Labute approximate surface area is 115 Å². The van der Waals surface area contributed by atoms with Crippen LogP contribution in [0.3, 0.4) is 0 Å². The Morgan fingerprint density at radius 3 is 2.78 bits per heavy atom. The van der Waals surface area contributed by atoms with Crippen LogP contribution in [0.15, 0.2) is 0 Å². The molecule has 0 spiro atoms. The molecule has 1 saturated carbocycles. The third kappa shape index (κ3) is 4.72. The van der Waals surface area contributed by atoms with Gasteiger partial charge in [-0.1, -0.05) is 12.8 Å². The third-order valence-corrected chi connectivity index (χ3v) is 3.57. The molecule has 106 valence electrons. The number of hydrogen-bond acceptors (Lipinski definition) is 4. The predicted octanol–water partition coefficient (Wildman–Crippen LogP) is 0.127. The third-order valence-electron chi connectivity index (χ3n) is 3.57. The quantitative estimate of drug-likeness (QED) is 0.766. The molecule has 1 atom stereocenters. The Hall–Kier alpha value is -0.360. The molecule has 1 unspecified atom stereocenters. The van der Waals surface area contributed by atoms with Gasteiger partial charge in [0.15, 0.2) is 0 Å². The fourth-order valence-corrected chi connectivity index (χ4v) is 2.61. The summed E-state index contributed by atoms with van der Waals surface area (Å²) in [5.41, 5.74) is 5.58. The van der Waals surface area contributed by atoms with E-state index in [9.17, 15) is 4.79 Å². The highest BCUT2D eigenvalue weighted by Gasteiger charge is 2.22. The van der Waals surface area contributed by atoms with Crippen LogP contribution in [-0.4, -0.2) is 55.7 Å². The van der Waals surface area contributed by atoms with Crippen molar-refractivity contribution in [1.82, 2.24) is 10.2 Å². The Balaban J connectivity index is 0.00000162. The summed E-state index contributed by atoms with van der Waals surface area (Å²) in [5, 5.41) is 3.11. The summed E-state index contributed by atoms with van der Waals surface area (Å²) in [5.74, 6) is 0.148. The molecule has 2 aliphatic rings. The minimum atomic E-state index is 0. The maximum Gasteiger partial charge on any atom is 0.234 e. The zero-order chi connectivity index (χ0) is 12.1. The second kappa shape index (κ2) is 7.94. The summed E-state index contributed by atoms with van der Waals surface area (Å²) in [6.45, 7) is 3.29. The van der Waals surface area contributed by atoms with Crippen molar-refractivity contribution < 1.29 is 9.53 Å². The molecule has 1 saturated heterocycles. The summed E-state index contributed by atoms with van der Waals surface area (Å²) in [7, 11) is 0. The van der Waals surface area contributed by atoms with E-state index >= 15 is 0 Å². The fraction of sp³-hybridized carbons (Fsp3) is 0.917. The number of amides is 1. The molecule has 1 amide bonds. The van der Waals surface area contributed by atoms with E-state index in [0.29, 0.717) is 25.7 Å². The van der Waals surface area contributed by atoms with Crippen molar-refractivity contribution in [2.45, 2.75) is 37.8 Å². The Bertz CT molecular complexity index is 260. The molecule has 0 radical (unpaired) electrons. The second-order valence-corrected chi connectivity index (χ2v) is 5.01. The van der Waals surface area contributed by atoms with E-state index < -0.39 is 0 Å². The molecule has 18 heavy (non-hydrogen) atoms. The zero-order valence-electron chi connectivity index (χ0n) is 10.8. The minimum absolute atomic E-state index is 0. The molecular formula is C12H24ClN3O2. The summed E-state index contributed by atoms with van der Waals surface area (Å²) >= 11 is 0. The topological polar surface area (TPSA) is 67.6 Å². The summed E-state index contributed by atoms with van der Waals surface area (Å²) in [4.78, 5) is 14.0. The Morgan fingerprint density at radius 1 is 1.39 bits per heavy atom. The van der Waals surface area contributed by atoms with Gasteiger partial charge in [-0.25, -0.2) is 0 Å². The van der Waals surface area contributed by atoms with Gasteiger partial charge < -0.3 is 15.8 Å². The van der Waals surface area contributed by atoms with Gasteiger partial charge in [0.05, 0.1) is 19.3 Å². The smallest absolute Gasteiger partial charge is 0.234 e. The van der Waals surface area contributed by atoms with Crippen molar-refractivity contribution in [3.8, 4) is 0 Å². The summed E-state index contributed by atoms with van der Waals surface area (Å²) < 4.78 is 5.47. The van der Waals surface area contributed by atoms with Crippen LogP contribution >= 0.6 is 12.4 Å². The van der Waals surface area contributed by atoms with Crippen molar-refractivity contribution in [2.24, 2.45) is 5.73 Å². The molecule has 0 aromatic carbocycles. The first-order chi connectivity index (χ1) is 8.28. The van der Waals surface area contributed by atoms with E-state index in [4.69, 9.17) is 10.5 Å². The van der Waals surface area contributed by atoms with Gasteiger partial charge in [0.2, 0.25) is 5.91 Å². The first kappa shape index (κ1) is 15.7. The number of hydrogen-bond donors (Lipinski definition) is 2. The van der Waals surface area contributed by atoms with Crippen LogP contribution in [0.5, 0.6) is 0 Å². The molecule has 3 N–H and O–H groups in total. The van der Waals surface area contributed by atoms with Gasteiger partial charge in [-0.3, -0.25) is 9.69 Å². The van der Waals surface area contributed by atoms with Crippen LogP contribution in [0.4, 0.5) is 0 Å². The number of nitrogens with zero attached hydrogens (tertiary/aromatic N) is 1. The van der Waals surface area contributed by atoms with Crippen LogP contribution in [0.1, 0.15) is 25.7 Å². The van der Waals surface area contributed by atoms with Gasteiger partial charge in [0.1, 0.15) is 0 Å². The van der Waals surface area contributed by atoms with Gasteiger partial charge in [0.25, 0.3) is 0 Å². The zero-order valence-corrected chi connectivity index (χ0v) is 11.6. The number of rotatable bonds is 4. The van der Waals surface area contributed by atoms with E-state index in [2.05, 4.69) is 10.2 Å². The molecule has 2 fully saturated rings. The monoisotopic (exact) mass is 277 g/mol. The number of morpholine rings is 1. The highest BCUT2D eigenvalue weighted by atomic mass is 35.5. The average Bonchev–Trinajstić information content (AvgIpc) is 2.82. The number of nitrogens with one attached hydrogen (secondary N) is 1. The lowest BCUT2D eigenvalue weighted by molar-refractivity contribution is -0.124. The first-order valence-corrected chi connectivity index (χ1v) is 6.61. The van der Waals surface area contributed by atoms with Crippen LogP contribution in [0, 0.1) is 0 Å². The van der Waals surface area contributed by atoms with Gasteiger partial charge >= 0.3 is 0 Å². The van der Waals surface area contributed by atoms with E-state index in [-0.39, 0.29) is 24.4 Å². The van der Waals surface area contributed by atoms with Crippen molar-refractivity contribution in [1.29, 1.82) is 0 Å². The fourth-order valence-electron chi connectivity index (χ4n) is 2.61. The maximum absolute atomic E-state index is 11.8. The van der Waals surface area contributed by atoms with Crippen molar-refractivity contribution >= 4 is 18.3 Å². The number of halogens is 1. The average molecular weight is 278 g/mol. The predicted molar refractivity (Wildman–Crippen MR) is 72.9 cm³/mol. The molecule has 1 heterocycles. The number of carbonyl (C=O) groups excluding carboxylic acids is 1. The molecule has 1 aliphatic carbocycles. The molecule has 0 aromatic rings. The molecule has 0 aromatic heterocycles. The SMILES string of the molecule is Cl.NCC1CN(CC(=O)NC2CCCC2)CCO1. The first-order valence-electron chi connectivity index (χ1n) is 6.61. The van der Waals surface area contributed by atoms with Gasteiger partial charge in [-0.2, -0.15) is 0 Å². The molecule has 0 bridgehead atoms. The molecule has 6 heteroatoms. The second-order valence-electron chi connectivity index (χ2n) is 5.01. The summed E-state index contributed by atoms with van der Waals surface area (Å²) in [6, 6.07) is 0.411. The van der Waals surface area contributed by atoms with Crippen LogP contribution in [0.2, 0.25) is 0 Å². The van der Waals surface area contributed by atoms with Crippen molar-refractivity contribution in [3.05, 3.63) is 0 Å².